The number of hydrogen-bond donors (Lipinski definition) is 0. The minimum atomic E-state index is -0.0587. The number of benzene rings is 1. The molecule has 1 atom stereocenters. The fourth-order valence-corrected chi connectivity index (χ4v) is 4.24. The third-order valence-corrected chi connectivity index (χ3v) is 6.02. The minimum Gasteiger partial charge on any atom is -0.377 e. The summed E-state index contributed by atoms with van der Waals surface area (Å²) in [4.78, 5) is 29.8. The van der Waals surface area contributed by atoms with Crippen LogP contribution in [0.2, 0.25) is 0 Å². The molecule has 3 heterocycles. The van der Waals surface area contributed by atoms with Crippen molar-refractivity contribution in [3.8, 4) is 0 Å². The van der Waals surface area contributed by atoms with E-state index in [1.165, 1.54) is 5.01 Å². The Morgan fingerprint density at radius 3 is 2.69 bits per heavy atom. The SMILES string of the molecule is Cc1ccc(C)c(N2N=C(C(=O)N3CCN(C[C@H]4CCCO4)CC3)CCC2=O)c1. The maximum atomic E-state index is 13.1. The van der Waals surface area contributed by atoms with Gasteiger partial charge in [-0.15, -0.1) is 0 Å². The Labute approximate surface area is 172 Å². The van der Waals surface area contributed by atoms with Gasteiger partial charge < -0.3 is 9.64 Å². The molecule has 2 fully saturated rings. The molecule has 3 aliphatic rings. The molecule has 0 radical (unpaired) electrons. The van der Waals surface area contributed by atoms with Crippen LogP contribution in [0.15, 0.2) is 23.3 Å². The van der Waals surface area contributed by atoms with Gasteiger partial charge in [0.1, 0.15) is 5.71 Å². The van der Waals surface area contributed by atoms with Crippen molar-refractivity contribution in [2.24, 2.45) is 5.10 Å². The van der Waals surface area contributed by atoms with E-state index in [0.717, 1.165) is 55.9 Å². The minimum absolute atomic E-state index is 0.0374. The smallest absolute Gasteiger partial charge is 0.270 e. The number of carbonyl (C=O) groups is 2. The molecular formula is C22H30N4O3. The predicted molar refractivity (Wildman–Crippen MR) is 112 cm³/mol. The molecule has 2 amide bonds. The van der Waals surface area contributed by atoms with Crippen molar-refractivity contribution in [2.45, 2.75) is 45.6 Å². The molecule has 3 aliphatic heterocycles. The fourth-order valence-electron chi connectivity index (χ4n) is 4.24. The molecule has 2 saturated heterocycles. The summed E-state index contributed by atoms with van der Waals surface area (Å²) in [6, 6.07) is 5.95. The number of piperazine rings is 1. The number of hydrogen-bond acceptors (Lipinski definition) is 5. The first-order valence-corrected chi connectivity index (χ1v) is 10.6. The molecule has 0 aliphatic carbocycles. The Kier molecular flexibility index (Phi) is 5.96. The maximum Gasteiger partial charge on any atom is 0.270 e. The van der Waals surface area contributed by atoms with Gasteiger partial charge in [0.2, 0.25) is 5.91 Å². The van der Waals surface area contributed by atoms with Gasteiger partial charge in [-0.1, -0.05) is 12.1 Å². The quantitative estimate of drug-likeness (QED) is 0.779. The van der Waals surface area contributed by atoms with Gasteiger partial charge in [-0.3, -0.25) is 14.5 Å². The summed E-state index contributed by atoms with van der Waals surface area (Å²) in [6.45, 7) is 8.89. The standard InChI is InChI=1S/C22H30N4O3/c1-16-5-6-17(2)20(14-16)26-21(27)8-7-19(23-26)22(28)25-11-9-24(10-12-25)15-18-4-3-13-29-18/h5-6,14,18H,3-4,7-13,15H2,1-2H3/t18-/m1/s1. The molecule has 0 saturated carbocycles. The van der Waals surface area contributed by atoms with E-state index < -0.39 is 0 Å². The zero-order valence-electron chi connectivity index (χ0n) is 17.4. The Bertz CT molecular complexity index is 808. The Balaban J connectivity index is 1.41. The lowest BCUT2D eigenvalue weighted by atomic mass is 10.1. The van der Waals surface area contributed by atoms with Crippen molar-refractivity contribution < 1.29 is 14.3 Å². The van der Waals surface area contributed by atoms with E-state index in [0.29, 0.717) is 37.7 Å². The van der Waals surface area contributed by atoms with Crippen LogP contribution < -0.4 is 5.01 Å². The van der Waals surface area contributed by atoms with E-state index in [4.69, 9.17) is 4.74 Å². The van der Waals surface area contributed by atoms with Gasteiger partial charge in [0, 0.05) is 52.2 Å². The Morgan fingerprint density at radius 1 is 1.17 bits per heavy atom. The third kappa shape index (κ3) is 4.51. The van der Waals surface area contributed by atoms with Gasteiger partial charge in [-0.2, -0.15) is 5.10 Å². The van der Waals surface area contributed by atoms with E-state index >= 15 is 0 Å². The third-order valence-electron chi connectivity index (χ3n) is 6.02. The Hall–Kier alpha value is -2.25. The first-order chi connectivity index (χ1) is 14.0. The molecule has 1 aromatic rings. The van der Waals surface area contributed by atoms with Crippen LogP contribution in [0.3, 0.4) is 0 Å². The predicted octanol–water partition coefficient (Wildman–Crippen LogP) is 2.11. The van der Waals surface area contributed by atoms with Gasteiger partial charge >= 0.3 is 0 Å². The average molecular weight is 399 g/mol. The van der Waals surface area contributed by atoms with Gasteiger partial charge in [0.15, 0.2) is 0 Å². The zero-order valence-corrected chi connectivity index (χ0v) is 17.4. The van der Waals surface area contributed by atoms with Crippen molar-refractivity contribution in [1.82, 2.24) is 9.80 Å². The highest BCUT2D eigenvalue weighted by atomic mass is 16.5. The number of amides is 2. The first-order valence-electron chi connectivity index (χ1n) is 10.6. The van der Waals surface area contributed by atoms with Gasteiger partial charge in [0.05, 0.1) is 11.8 Å². The molecule has 0 spiro atoms. The summed E-state index contributed by atoms with van der Waals surface area (Å²) in [5.74, 6) is -0.0961. The highest BCUT2D eigenvalue weighted by Crippen LogP contribution is 2.26. The lowest BCUT2D eigenvalue weighted by Gasteiger charge is -2.36. The number of rotatable bonds is 4. The second kappa shape index (κ2) is 8.63. The van der Waals surface area contributed by atoms with Crippen molar-refractivity contribution in [3.63, 3.8) is 0 Å². The van der Waals surface area contributed by atoms with Crippen LogP contribution >= 0.6 is 0 Å². The summed E-state index contributed by atoms with van der Waals surface area (Å²) in [5, 5.41) is 5.91. The lowest BCUT2D eigenvalue weighted by Crippen LogP contribution is -2.52. The summed E-state index contributed by atoms with van der Waals surface area (Å²) < 4.78 is 5.73. The summed E-state index contributed by atoms with van der Waals surface area (Å²) in [6.07, 6.45) is 3.36. The molecule has 0 bridgehead atoms. The van der Waals surface area contributed by atoms with Crippen LogP contribution in [0.25, 0.3) is 0 Å². The van der Waals surface area contributed by atoms with Crippen LogP contribution in [0.5, 0.6) is 0 Å². The van der Waals surface area contributed by atoms with Crippen LogP contribution in [0, 0.1) is 13.8 Å². The van der Waals surface area contributed by atoms with Gasteiger partial charge in [0.25, 0.3) is 5.91 Å². The number of anilines is 1. The van der Waals surface area contributed by atoms with Gasteiger partial charge in [-0.05, 0) is 43.9 Å². The van der Waals surface area contributed by atoms with Crippen LogP contribution in [-0.4, -0.2) is 72.8 Å². The molecule has 7 nitrogen and oxygen atoms in total. The van der Waals surface area contributed by atoms with Crippen LogP contribution in [0.4, 0.5) is 5.69 Å². The van der Waals surface area contributed by atoms with Crippen molar-refractivity contribution in [3.05, 3.63) is 29.3 Å². The van der Waals surface area contributed by atoms with E-state index in [1.54, 1.807) is 0 Å². The largest absolute Gasteiger partial charge is 0.377 e. The molecule has 0 N–H and O–H groups in total. The van der Waals surface area contributed by atoms with E-state index in [9.17, 15) is 9.59 Å². The fraction of sp³-hybridized carbons (Fsp3) is 0.591. The maximum absolute atomic E-state index is 13.1. The number of ether oxygens (including phenoxy) is 1. The zero-order chi connectivity index (χ0) is 20.4. The summed E-state index contributed by atoms with van der Waals surface area (Å²) in [7, 11) is 0. The van der Waals surface area contributed by atoms with Crippen molar-refractivity contribution >= 4 is 23.2 Å². The molecule has 156 valence electrons. The molecule has 1 aromatic carbocycles. The van der Waals surface area contributed by atoms with E-state index in [1.807, 2.05) is 36.9 Å². The first kappa shape index (κ1) is 20.0. The molecule has 0 aromatic heterocycles. The summed E-state index contributed by atoms with van der Waals surface area (Å²) >= 11 is 0. The molecule has 0 unspecified atom stereocenters. The van der Waals surface area contributed by atoms with Crippen molar-refractivity contribution in [1.29, 1.82) is 0 Å². The molecule has 7 heteroatoms. The number of aryl methyl sites for hydroxylation is 2. The molecular weight excluding hydrogens is 368 g/mol. The average Bonchev–Trinajstić information content (AvgIpc) is 3.23. The monoisotopic (exact) mass is 398 g/mol. The topological polar surface area (TPSA) is 65.5 Å². The second-order valence-electron chi connectivity index (χ2n) is 8.27. The van der Waals surface area contributed by atoms with E-state index in [2.05, 4.69) is 10.0 Å². The number of carbonyl (C=O) groups excluding carboxylic acids is 2. The van der Waals surface area contributed by atoms with Crippen molar-refractivity contribution in [2.75, 3.05) is 44.3 Å². The normalized spacial score (nSPS) is 23.4. The highest BCUT2D eigenvalue weighted by Gasteiger charge is 2.31. The molecule has 4 rings (SSSR count). The Morgan fingerprint density at radius 2 is 1.97 bits per heavy atom. The molecule has 29 heavy (non-hydrogen) atoms. The lowest BCUT2D eigenvalue weighted by molar-refractivity contribution is -0.126. The van der Waals surface area contributed by atoms with Crippen LogP contribution in [0.1, 0.15) is 36.8 Å². The van der Waals surface area contributed by atoms with E-state index in [-0.39, 0.29) is 11.8 Å². The van der Waals surface area contributed by atoms with Crippen LogP contribution in [-0.2, 0) is 14.3 Å². The number of hydrazone groups is 1. The summed E-state index contributed by atoms with van der Waals surface area (Å²) in [5.41, 5.74) is 3.29. The number of nitrogens with zero attached hydrogens (tertiary/aromatic N) is 4. The highest BCUT2D eigenvalue weighted by molar-refractivity contribution is 6.40. The second-order valence-corrected chi connectivity index (χ2v) is 8.27. The van der Waals surface area contributed by atoms with Gasteiger partial charge in [-0.25, -0.2) is 5.01 Å².